The Morgan fingerprint density at radius 1 is 1.33 bits per heavy atom. The van der Waals surface area contributed by atoms with Gasteiger partial charge in [0.05, 0.1) is 12.3 Å². The Morgan fingerprint density at radius 3 is 2.92 bits per heavy atom. The quantitative estimate of drug-likeness (QED) is 0.849. The average molecular weight is 331 g/mol. The predicted octanol–water partition coefficient (Wildman–Crippen LogP) is 2.76. The maximum absolute atomic E-state index is 12.9. The number of aryl methyl sites for hydroxylation is 1. The molecule has 1 aliphatic rings. The van der Waals surface area contributed by atoms with Crippen molar-refractivity contribution in [3.63, 3.8) is 0 Å². The van der Waals surface area contributed by atoms with E-state index in [4.69, 9.17) is 4.74 Å². The third-order valence-corrected chi connectivity index (χ3v) is 4.15. The minimum Gasteiger partial charge on any atom is -0.376 e. The molecule has 128 valence electrons. The number of carbonyl (C=O) groups excluding carboxylic acids is 1. The number of amides is 1. The smallest absolute Gasteiger partial charge is 0.220 e. The number of carbonyl (C=O) groups is 1. The van der Waals surface area contributed by atoms with Gasteiger partial charge in [0, 0.05) is 37.9 Å². The van der Waals surface area contributed by atoms with E-state index in [1.165, 1.54) is 12.1 Å². The molecule has 2 heterocycles. The Balaban J connectivity index is 1.40. The summed E-state index contributed by atoms with van der Waals surface area (Å²) in [4.78, 5) is 11.8. The molecule has 1 N–H and O–H groups in total. The lowest BCUT2D eigenvalue weighted by Gasteiger charge is -2.10. The third-order valence-electron chi connectivity index (χ3n) is 4.15. The Labute approximate surface area is 140 Å². The summed E-state index contributed by atoms with van der Waals surface area (Å²) in [5, 5.41) is 7.21. The van der Waals surface area contributed by atoms with Gasteiger partial charge in [0.15, 0.2) is 0 Å². The number of ether oxygens (including phenoxy) is 1. The molecule has 6 heteroatoms. The summed E-state index contributed by atoms with van der Waals surface area (Å²) in [5.41, 5.74) is 1.87. The molecule has 2 aromatic rings. The molecule has 1 saturated heterocycles. The van der Waals surface area contributed by atoms with Crippen LogP contribution in [0.3, 0.4) is 0 Å². The van der Waals surface area contributed by atoms with Crippen LogP contribution in [-0.4, -0.2) is 34.9 Å². The van der Waals surface area contributed by atoms with Crippen LogP contribution in [0.5, 0.6) is 0 Å². The first kappa shape index (κ1) is 16.6. The lowest BCUT2D eigenvalue weighted by atomic mass is 10.1. The van der Waals surface area contributed by atoms with Crippen LogP contribution in [0.4, 0.5) is 4.39 Å². The average Bonchev–Trinajstić information content (AvgIpc) is 3.25. The van der Waals surface area contributed by atoms with E-state index in [1.807, 2.05) is 10.9 Å². The highest BCUT2D eigenvalue weighted by molar-refractivity contribution is 5.75. The van der Waals surface area contributed by atoms with Gasteiger partial charge in [-0.2, -0.15) is 5.10 Å². The fraction of sp³-hybridized carbons (Fsp3) is 0.444. The van der Waals surface area contributed by atoms with E-state index >= 15 is 0 Å². The summed E-state index contributed by atoms with van der Waals surface area (Å²) >= 11 is 0. The van der Waals surface area contributed by atoms with Gasteiger partial charge >= 0.3 is 0 Å². The summed E-state index contributed by atoms with van der Waals surface area (Å²) in [6.07, 6.45) is 7.15. The van der Waals surface area contributed by atoms with E-state index in [-0.39, 0.29) is 17.8 Å². The zero-order valence-electron chi connectivity index (χ0n) is 13.6. The lowest BCUT2D eigenvalue weighted by molar-refractivity contribution is -0.121. The van der Waals surface area contributed by atoms with Crippen LogP contribution < -0.4 is 5.32 Å². The first-order valence-electron chi connectivity index (χ1n) is 8.37. The molecule has 0 radical (unpaired) electrons. The van der Waals surface area contributed by atoms with Crippen LogP contribution in [0.15, 0.2) is 36.7 Å². The molecule has 0 aliphatic carbocycles. The van der Waals surface area contributed by atoms with Crippen LogP contribution in [0, 0.1) is 5.82 Å². The van der Waals surface area contributed by atoms with E-state index in [1.54, 1.807) is 18.3 Å². The molecule has 3 rings (SSSR count). The highest BCUT2D eigenvalue weighted by Gasteiger charge is 2.15. The first-order valence-corrected chi connectivity index (χ1v) is 8.37. The van der Waals surface area contributed by atoms with Crippen LogP contribution in [0.1, 0.15) is 25.7 Å². The summed E-state index contributed by atoms with van der Waals surface area (Å²) in [6, 6.07) is 6.33. The molecule has 1 atom stereocenters. The molecule has 24 heavy (non-hydrogen) atoms. The maximum Gasteiger partial charge on any atom is 0.220 e. The zero-order valence-corrected chi connectivity index (χ0v) is 13.6. The van der Waals surface area contributed by atoms with E-state index in [2.05, 4.69) is 10.4 Å². The van der Waals surface area contributed by atoms with Gasteiger partial charge in [-0.25, -0.2) is 4.39 Å². The summed E-state index contributed by atoms with van der Waals surface area (Å²) in [7, 11) is 0. The fourth-order valence-electron chi connectivity index (χ4n) is 2.80. The molecule has 1 aromatic carbocycles. The summed E-state index contributed by atoms with van der Waals surface area (Å²) in [5.74, 6) is -0.198. The van der Waals surface area contributed by atoms with Gasteiger partial charge in [-0.15, -0.1) is 0 Å². The van der Waals surface area contributed by atoms with Crippen molar-refractivity contribution < 1.29 is 13.9 Å². The highest BCUT2D eigenvalue weighted by atomic mass is 19.1. The van der Waals surface area contributed by atoms with E-state index in [9.17, 15) is 9.18 Å². The van der Waals surface area contributed by atoms with Crippen LogP contribution >= 0.6 is 0 Å². The van der Waals surface area contributed by atoms with Gasteiger partial charge in [0.2, 0.25) is 5.91 Å². The lowest BCUT2D eigenvalue weighted by Crippen LogP contribution is -2.31. The van der Waals surface area contributed by atoms with Crippen molar-refractivity contribution in [2.45, 2.75) is 38.3 Å². The minimum atomic E-state index is -0.250. The largest absolute Gasteiger partial charge is 0.376 e. The fourth-order valence-corrected chi connectivity index (χ4v) is 2.80. The number of hydrogen-bond acceptors (Lipinski definition) is 3. The molecule has 1 amide bonds. The Morgan fingerprint density at radius 2 is 2.17 bits per heavy atom. The van der Waals surface area contributed by atoms with Gasteiger partial charge in [-0.05, 0) is 37.0 Å². The molecule has 0 spiro atoms. The number of halogens is 1. The van der Waals surface area contributed by atoms with Crippen molar-refractivity contribution in [1.82, 2.24) is 15.1 Å². The summed E-state index contributed by atoms with van der Waals surface area (Å²) in [6.45, 7) is 2.08. The molecule has 1 aromatic heterocycles. The molecule has 1 aliphatic heterocycles. The van der Waals surface area contributed by atoms with Gasteiger partial charge in [0.1, 0.15) is 5.82 Å². The predicted molar refractivity (Wildman–Crippen MR) is 88.8 cm³/mol. The maximum atomic E-state index is 12.9. The van der Waals surface area contributed by atoms with Gasteiger partial charge in [-0.3, -0.25) is 9.48 Å². The molecular formula is C18H22FN3O2. The third kappa shape index (κ3) is 4.64. The van der Waals surface area contributed by atoms with Gasteiger partial charge in [-0.1, -0.05) is 12.1 Å². The number of nitrogens with one attached hydrogen (secondary N) is 1. The summed E-state index contributed by atoms with van der Waals surface area (Å²) < 4.78 is 20.2. The molecule has 1 fully saturated rings. The molecule has 1 unspecified atom stereocenters. The minimum absolute atomic E-state index is 0.0522. The van der Waals surface area contributed by atoms with Crippen molar-refractivity contribution in [2.75, 3.05) is 13.2 Å². The number of benzene rings is 1. The van der Waals surface area contributed by atoms with E-state index in [0.717, 1.165) is 37.0 Å². The second kappa shape index (κ2) is 8.06. The van der Waals surface area contributed by atoms with Gasteiger partial charge < -0.3 is 10.1 Å². The molecule has 0 bridgehead atoms. The van der Waals surface area contributed by atoms with Crippen LogP contribution in [0.2, 0.25) is 0 Å². The second-order valence-corrected chi connectivity index (χ2v) is 6.04. The van der Waals surface area contributed by atoms with Crippen molar-refractivity contribution in [3.8, 4) is 11.1 Å². The Hall–Kier alpha value is -2.21. The molecule has 0 saturated carbocycles. The van der Waals surface area contributed by atoms with E-state index in [0.29, 0.717) is 19.5 Å². The van der Waals surface area contributed by atoms with Crippen LogP contribution in [-0.2, 0) is 16.1 Å². The number of aromatic nitrogens is 2. The second-order valence-electron chi connectivity index (χ2n) is 6.04. The topological polar surface area (TPSA) is 56.2 Å². The van der Waals surface area contributed by atoms with Crippen molar-refractivity contribution in [1.29, 1.82) is 0 Å². The van der Waals surface area contributed by atoms with Crippen LogP contribution in [0.25, 0.3) is 11.1 Å². The zero-order chi connectivity index (χ0) is 16.8. The standard InChI is InChI=1S/C18H22FN3O2/c19-16-7-5-14(6-8-16)15-11-21-22(13-15)9-1-4-18(23)20-12-17-3-2-10-24-17/h5-8,11,13,17H,1-4,9-10,12H2,(H,20,23). The number of hydrogen-bond donors (Lipinski definition) is 1. The van der Waals surface area contributed by atoms with Crippen molar-refractivity contribution >= 4 is 5.91 Å². The highest BCUT2D eigenvalue weighted by Crippen LogP contribution is 2.18. The van der Waals surface area contributed by atoms with Gasteiger partial charge in [0.25, 0.3) is 0 Å². The number of rotatable bonds is 7. The van der Waals surface area contributed by atoms with Crippen molar-refractivity contribution in [2.24, 2.45) is 0 Å². The Kier molecular flexibility index (Phi) is 5.59. The molecular weight excluding hydrogens is 309 g/mol. The number of nitrogens with zero attached hydrogens (tertiary/aromatic N) is 2. The SMILES string of the molecule is O=C(CCCn1cc(-c2ccc(F)cc2)cn1)NCC1CCCO1. The monoisotopic (exact) mass is 331 g/mol. The van der Waals surface area contributed by atoms with Crippen molar-refractivity contribution in [3.05, 3.63) is 42.5 Å². The van der Waals surface area contributed by atoms with E-state index < -0.39 is 0 Å². The molecule has 5 nitrogen and oxygen atoms in total. The Bertz CT molecular complexity index is 663. The normalized spacial score (nSPS) is 17.1. The first-order chi connectivity index (χ1) is 11.7.